The van der Waals surface area contributed by atoms with Crippen molar-refractivity contribution in [2.24, 2.45) is 5.10 Å². The minimum absolute atomic E-state index is 0.110. The second-order valence-corrected chi connectivity index (χ2v) is 7.02. The second kappa shape index (κ2) is 4.68. The average molecular weight is 335 g/mol. The molecule has 2 aromatic heterocycles. The normalized spacial score (nSPS) is 24.1. The lowest BCUT2D eigenvalue weighted by molar-refractivity contribution is 0.171. The Morgan fingerprint density at radius 2 is 2.14 bits per heavy atom. The number of aromatic nitrogens is 1. The highest BCUT2D eigenvalue weighted by Gasteiger charge is 2.46. The van der Waals surface area contributed by atoms with E-state index in [0.717, 1.165) is 5.56 Å². The van der Waals surface area contributed by atoms with E-state index in [-0.39, 0.29) is 23.9 Å². The van der Waals surface area contributed by atoms with Crippen molar-refractivity contribution in [3.8, 4) is 0 Å². The maximum atomic E-state index is 12.7. The van der Waals surface area contributed by atoms with Crippen LogP contribution >= 0.6 is 22.7 Å². The van der Waals surface area contributed by atoms with Crippen LogP contribution in [0.5, 0.6) is 0 Å². The van der Waals surface area contributed by atoms with Gasteiger partial charge in [0, 0.05) is 14.1 Å². The molecule has 114 valence electrons. The Kier molecular flexibility index (Phi) is 2.88. The number of carbonyl (C=O) groups excluding carboxylic acids is 1. The lowest BCUT2D eigenvalue weighted by Crippen LogP contribution is -2.52. The number of thiophene rings is 1. The molecule has 0 aromatic carbocycles. The van der Waals surface area contributed by atoms with Crippen LogP contribution in [0.3, 0.4) is 0 Å². The van der Waals surface area contributed by atoms with E-state index >= 15 is 0 Å². The molecule has 2 amide bonds. The third-order valence-corrected chi connectivity index (χ3v) is 5.62. The minimum atomic E-state index is -0.377. The van der Waals surface area contributed by atoms with E-state index < -0.39 is 0 Å². The first-order valence-electron chi connectivity index (χ1n) is 6.66. The molecule has 9 heteroatoms. The molecule has 0 aliphatic carbocycles. The van der Waals surface area contributed by atoms with E-state index in [1.165, 1.54) is 11.3 Å². The lowest BCUT2D eigenvalue weighted by Gasteiger charge is -2.27. The Labute approximate surface area is 133 Å². The van der Waals surface area contributed by atoms with Gasteiger partial charge >= 0.3 is 6.03 Å². The van der Waals surface area contributed by atoms with E-state index in [1.54, 1.807) is 39.8 Å². The number of amides is 2. The highest BCUT2D eigenvalue weighted by Crippen LogP contribution is 2.26. The summed E-state index contributed by atoms with van der Waals surface area (Å²) in [5.74, 6) is 0. The van der Waals surface area contributed by atoms with Crippen LogP contribution in [0.2, 0.25) is 0 Å². The standard InChI is InChI=1S/C13H13N5O2S2/c1-16-9-10(17(2)13(16)20)18-11(19)8(22-12(18)15-14-9)5-7-3-4-21-6-7/h3-6,9-10,14H,1-2H3/b8-5-. The van der Waals surface area contributed by atoms with E-state index in [2.05, 4.69) is 10.5 Å². The van der Waals surface area contributed by atoms with Crippen LogP contribution in [0, 0.1) is 0 Å². The van der Waals surface area contributed by atoms with Crippen molar-refractivity contribution < 1.29 is 4.79 Å². The first-order valence-corrected chi connectivity index (χ1v) is 8.42. The van der Waals surface area contributed by atoms with Crippen LogP contribution in [-0.4, -0.2) is 40.7 Å². The fraction of sp³-hybridized carbons (Fsp3) is 0.308. The van der Waals surface area contributed by atoms with Gasteiger partial charge in [0.2, 0.25) is 4.80 Å². The number of rotatable bonds is 1. The van der Waals surface area contributed by atoms with Crippen molar-refractivity contribution in [3.63, 3.8) is 0 Å². The Hall–Kier alpha value is -2.13. The van der Waals surface area contributed by atoms with Crippen molar-refractivity contribution in [1.82, 2.24) is 19.8 Å². The summed E-state index contributed by atoms with van der Waals surface area (Å²) in [4.78, 5) is 28.6. The first kappa shape index (κ1) is 13.5. The molecule has 2 aromatic rings. The van der Waals surface area contributed by atoms with Crippen LogP contribution < -0.4 is 20.3 Å². The third kappa shape index (κ3) is 1.75. The summed E-state index contributed by atoms with van der Waals surface area (Å²) in [5, 5.41) is 8.21. The van der Waals surface area contributed by atoms with E-state index in [0.29, 0.717) is 9.33 Å². The molecule has 2 aliphatic heterocycles. The summed E-state index contributed by atoms with van der Waals surface area (Å²) in [6, 6.07) is 1.83. The number of fused-ring (bicyclic) bond motifs is 3. The average Bonchev–Trinajstić information content (AvgIpc) is 3.18. The Morgan fingerprint density at radius 1 is 1.32 bits per heavy atom. The molecule has 0 bridgehead atoms. The number of nitrogens with zero attached hydrogens (tertiary/aromatic N) is 4. The van der Waals surface area contributed by atoms with Gasteiger partial charge in [-0.1, -0.05) is 11.3 Å². The molecule has 0 saturated carbocycles. The van der Waals surface area contributed by atoms with Gasteiger partial charge in [0.05, 0.1) is 4.53 Å². The summed E-state index contributed by atoms with van der Waals surface area (Å²) in [7, 11) is 3.40. The summed E-state index contributed by atoms with van der Waals surface area (Å²) < 4.78 is 2.22. The molecule has 4 heterocycles. The number of carbonyl (C=O) groups is 1. The van der Waals surface area contributed by atoms with Crippen molar-refractivity contribution in [1.29, 1.82) is 0 Å². The maximum absolute atomic E-state index is 12.7. The smallest absolute Gasteiger partial charge is 0.303 e. The molecule has 1 N–H and O–H groups in total. The van der Waals surface area contributed by atoms with Crippen LogP contribution in [0.4, 0.5) is 4.79 Å². The van der Waals surface area contributed by atoms with Crippen LogP contribution in [-0.2, 0) is 0 Å². The molecule has 4 rings (SSSR count). The SMILES string of the molecule is CN1C(=O)N(C)C2C1NN=c1s/c(=C\c3ccsc3)c(=O)n12. The molecule has 0 spiro atoms. The van der Waals surface area contributed by atoms with Crippen LogP contribution in [0.1, 0.15) is 11.7 Å². The molecule has 2 aliphatic rings. The lowest BCUT2D eigenvalue weighted by atomic mass is 10.3. The predicted molar refractivity (Wildman–Crippen MR) is 84.1 cm³/mol. The van der Waals surface area contributed by atoms with Gasteiger partial charge in [-0.25, -0.2) is 4.79 Å². The topological polar surface area (TPSA) is 69.9 Å². The zero-order valence-corrected chi connectivity index (χ0v) is 13.5. The van der Waals surface area contributed by atoms with Gasteiger partial charge in [-0.05, 0) is 28.5 Å². The molecule has 1 saturated heterocycles. The fourth-order valence-electron chi connectivity index (χ4n) is 2.79. The quantitative estimate of drug-likeness (QED) is 0.782. The Morgan fingerprint density at radius 3 is 2.86 bits per heavy atom. The molecule has 7 nitrogen and oxygen atoms in total. The van der Waals surface area contributed by atoms with Gasteiger partial charge in [0.15, 0.2) is 12.3 Å². The van der Waals surface area contributed by atoms with E-state index in [1.807, 2.05) is 22.9 Å². The van der Waals surface area contributed by atoms with Crippen molar-refractivity contribution >= 4 is 34.8 Å². The number of thiazole rings is 1. The number of likely N-dealkylation sites (N-methyl/N-ethyl adjacent to an activating group) is 2. The van der Waals surface area contributed by atoms with E-state index in [9.17, 15) is 9.59 Å². The largest absolute Gasteiger partial charge is 0.323 e. The van der Waals surface area contributed by atoms with Gasteiger partial charge < -0.3 is 9.80 Å². The van der Waals surface area contributed by atoms with Crippen molar-refractivity contribution in [2.75, 3.05) is 14.1 Å². The molecular formula is C13H13N5O2S2. The van der Waals surface area contributed by atoms with Crippen molar-refractivity contribution in [2.45, 2.75) is 12.3 Å². The van der Waals surface area contributed by atoms with Gasteiger partial charge in [-0.2, -0.15) is 11.3 Å². The zero-order chi connectivity index (χ0) is 15.4. The summed E-state index contributed by atoms with van der Waals surface area (Å²) >= 11 is 2.91. The zero-order valence-electron chi connectivity index (χ0n) is 11.9. The van der Waals surface area contributed by atoms with Gasteiger partial charge in [0.25, 0.3) is 5.56 Å². The van der Waals surface area contributed by atoms with Gasteiger partial charge in [0.1, 0.15) is 0 Å². The monoisotopic (exact) mass is 335 g/mol. The summed E-state index contributed by atoms with van der Waals surface area (Å²) in [5.41, 5.74) is 3.86. The summed E-state index contributed by atoms with van der Waals surface area (Å²) in [6.07, 6.45) is 1.16. The highest BCUT2D eigenvalue weighted by molar-refractivity contribution is 7.08. The molecule has 0 radical (unpaired) electrons. The predicted octanol–water partition coefficient (Wildman–Crippen LogP) is -0.240. The second-order valence-electron chi connectivity index (χ2n) is 5.23. The first-order chi connectivity index (χ1) is 10.6. The number of nitrogens with one attached hydrogen (secondary N) is 1. The number of hydrogen-bond acceptors (Lipinski definition) is 6. The Bertz CT molecular complexity index is 913. The minimum Gasteiger partial charge on any atom is -0.303 e. The number of hydrogen-bond donors (Lipinski definition) is 1. The van der Waals surface area contributed by atoms with Crippen LogP contribution in [0.15, 0.2) is 26.7 Å². The van der Waals surface area contributed by atoms with Gasteiger partial charge in [-0.3, -0.25) is 14.8 Å². The molecule has 22 heavy (non-hydrogen) atoms. The van der Waals surface area contributed by atoms with Crippen LogP contribution in [0.25, 0.3) is 6.08 Å². The van der Waals surface area contributed by atoms with Gasteiger partial charge in [-0.15, -0.1) is 5.10 Å². The third-order valence-electron chi connectivity index (χ3n) is 3.93. The number of urea groups is 1. The molecular weight excluding hydrogens is 322 g/mol. The molecule has 1 fully saturated rings. The summed E-state index contributed by atoms with van der Waals surface area (Å²) in [6.45, 7) is 0. The molecule has 2 unspecified atom stereocenters. The van der Waals surface area contributed by atoms with Crippen molar-refractivity contribution in [3.05, 3.63) is 42.1 Å². The maximum Gasteiger partial charge on any atom is 0.323 e. The highest BCUT2D eigenvalue weighted by atomic mass is 32.1. The van der Waals surface area contributed by atoms with E-state index in [4.69, 9.17) is 0 Å². The Balaban J connectivity index is 1.91. The molecule has 2 atom stereocenters. The fourth-order valence-corrected chi connectivity index (χ4v) is 4.37.